The molecule has 0 aromatic rings. The zero-order valence-electron chi connectivity index (χ0n) is 10.0. The van der Waals surface area contributed by atoms with Gasteiger partial charge in [0.2, 0.25) is 0 Å². The van der Waals surface area contributed by atoms with Gasteiger partial charge in [0.05, 0.1) is 0 Å². The quantitative estimate of drug-likeness (QED) is 0.323. The highest BCUT2D eigenvalue weighted by Crippen LogP contribution is 2.31. The van der Waals surface area contributed by atoms with Crippen molar-refractivity contribution in [2.45, 2.75) is 33.6 Å². The van der Waals surface area contributed by atoms with E-state index in [4.69, 9.17) is 10.9 Å². The van der Waals surface area contributed by atoms with Crippen molar-refractivity contribution in [3.8, 4) is 0 Å². The van der Waals surface area contributed by atoms with Crippen molar-refractivity contribution in [2.24, 2.45) is 22.2 Å². The lowest BCUT2D eigenvalue weighted by molar-refractivity contribution is 0.146. The van der Waals surface area contributed by atoms with Crippen molar-refractivity contribution in [1.29, 1.82) is 0 Å². The fourth-order valence-electron chi connectivity index (χ4n) is 2.12. The molecule has 4 heteroatoms. The summed E-state index contributed by atoms with van der Waals surface area (Å²) >= 11 is 0. The number of hydrogen-bond donors (Lipinski definition) is 2. The Balaban J connectivity index is 2.48. The summed E-state index contributed by atoms with van der Waals surface area (Å²) in [5.74, 6) is 1.09. The number of likely N-dealkylation sites (tertiary alicyclic amines) is 1. The van der Waals surface area contributed by atoms with Crippen molar-refractivity contribution in [1.82, 2.24) is 4.90 Å². The van der Waals surface area contributed by atoms with Gasteiger partial charge in [0.25, 0.3) is 0 Å². The number of oxime groups is 1. The van der Waals surface area contributed by atoms with Crippen molar-refractivity contribution in [3.63, 3.8) is 0 Å². The van der Waals surface area contributed by atoms with Crippen molar-refractivity contribution in [2.75, 3.05) is 19.6 Å². The highest BCUT2D eigenvalue weighted by molar-refractivity contribution is 5.85. The molecule has 1 fully saturated rings. The second-order valence-electron chi connectivity index (χ2n) is 5.24. The van der Waals surface area contributed by atoms with Crippen LogP contribution in [0.25, 0.3) is 0 Å². The molecule has 0 atom stereocenters. The summed E-state index contributed by atoms with van der Waals surface area (Å²) in [7, 11) is 0. The molecular weight excluding hydrogens is 190 g/mol. The highest BCUT2D eigenvalue weighted by atomic mass is 16.4. The molecule has 0 saturated carbocycles. The molecule has 0 aromatic heterocycles. The first-order valence-electron chi connectivity index (χ1n) is 5.68. The van der Waals surface area contributed by atoms with Gasteiger partial charge in [-0.15, -0.1) is 0 Å². The van der Waals surface area contributed by atoms with Crippen LogP contribution in [0.2, 0.25) is 0 Å². The summed E-state index contributed by atoms with van der Waals surface area (Å²) in [6, 6.07) is 0. The first-order valence-corrected chi connectivity index (χ1v) is 5.68. The maximum atomic E-state index is 8.71. The largest absolute Gasteiger partial charge is 0.409 e. The van der Waals surface area contributed by atoms with Gasteiger partial charge >= 0.3 is 0 Å². The van der Waals surface area contributed by atoms with Gasteiger partial charge in [0.15, 0.2) is 0 Å². The van der Waals surface area contributed by atoms with Gasteiger partial charge < -0.3 is 15.8 Å². The summed E-state index contributed by atoms with van der Waals surface area (Å²) in [5, 5.41) is 11.9. The Morgan fingerprint density at radius 3 is 2.40 bits per heavy atom. The average molecular weight is 213 g/mol. The Kier molecular flexibility index (Phi) is 3.97. The fourth-order valence-corrected chi connectivity index (χ4v) is 2.12. The Morgan fingerprint density at radius 2 is 2.00 bits per heavy atom. The summed E-state index contributed by atoms with van der Waals surface area (Å²) < 4.78 is 0. The van der Waals surface area contributed by atoms with Gasteiger partial charge in [-0.2, -0.15) is 0 Å². The number of rotatable bonds is 3. The normalized spacial score (nSPS) is 23.3. The second-order valence-corrected chi connectivity index (χ2v) is 5.24. The molecule has 4 nitrogen and oxygen atoms in total. The van der Waals surface area contributed by atoms with Gasteiger partial charge in [0.1, 0.15) is 5.84 Å². The molecule has 1 heterocycles. The van der Waals surface area contributed by atoms with E-state index in [1.54, 1.807) is 0 Å². The van der Waals surface area contributed by atoms with Gasteiger partial charge in [-0.05, 0) is 31.8 Å². The third kappa shape index (κ3) is 3.09. The van der Waals surface area contributed by atoms with Crippen LogP contribution in [-0.2, 0) is 0 Å². The molecule has 1 saturated heterocycles. The van der Waals surface area contributed by atoms with E-state index in [9.17, 15) is 0 Å². The molecule has 0 aromatic carbocycles. The Bertz CT molecular complexity index is 230. The zero-order valence-corrected chi connectivity index (χ0v) is 10.0. The number of piperidine rings is 1. The molecule has 0 aliphatic carbocycles. The van der Waals surface area contributed by atoms with E-state index in [1.165, 1.54) is 0 Å². The van der Waals surface area contributed by atoms with Gasteiger partial charge in [-0.1, -0.05) is 25.9 Å². The monoisotopic (exact) mass is 213 g/mol. The molecule has 1 aliphatic rings. The lowest BCUT2D eigenvalue weighted by Crippen LogP contribution is -2.46. The molecule has 0 spiro atoms. The molecule has 0 radical (unpaired) electrons. The fraction of sp³-hybridized carbons (Fsp3) is 0.909. The maximum absolute atomic E-state index is 8.71. The first-order chi connectivity index (χ1) is 6.98. The van der Waals surface area contributed by atoms with Crippen molar-refractivity contribution in [3.05, 3.63) is 0 Å². The Labute approximate surface area is 92.1 Å². The molecule has 0 bridgehead atoms. The van der Waals surface area contributed by atoms with Gasteiger partial charge in [0, 0.05) is 12.0 Å². The molecule has 1 rings (SSSR count). The third-order valence-corrected chi connectivity index (χ3v) is 3.31. The van der Waals surface area contributed by atoms with Crippen LogP contribution in [0.5, 0.6) is 0 Å². The van der Waals surface area contributed by atoms with Crippen LogP contribution in [0.4, 0.5) is 0 Å². The van der Waals surface area contributed by atoms with E-state index in [1.807, 2.05) is 0 Å². The second kappa shape index (κ2) is 4.84. The Hall–Kier alpha value is -0.770. The van der Waals surface area contributed by atoms with E-state index in [0.29, 0.717) is 11.8 Å². The predicted octanol–water partition coefficient (Wildman–Crippen LogP) is 1.49. The van der Waals surface area contributed by atoms with Crippen LogP contribution in [0.3, 0.4) is 0 Å². The van der Waals surface area contributed by atoms with Crippen LogP contribution in [0.1, 0.15) is 33.6 Å². The number of nitrogens with zero attached hydrogens (tertiary/aromatic N) is 2. The van der Waals surface area contributed by atoms with E-state index in [2.05, 4.69) is 30.8 Å². The molecular formula is C11H23N3O. The van der Waals surface area contributed by atoms with E-state index in [-0.39, 0.29) is 5.41 Å². The van der Waals surface area contributed by atoms with Crippen molar-refractivity contribution < 1.29 is 5.21 Å². The molecule has 15 heavy (non-hydrogen) atoms. The van der Waals surface area contributed by atoms with E-state index < -0.39 is 0 Å². The molecule has 88 valence electrons. The van der Waals surface area contributed by atoms with Crippen LogP contribution >= 0.6 is 0 Å². The standard InChI is InChI=1S/C11H23N3O/c1-9(2)8-14-6-4-11(3,5-7-14)10(12)13-15/h9,15H,4-8H2,1-3H3,(H2,12,13). The average Bonchev–Trinajstić information content (AvgIpc) is 2.20. The molecule has 1 aliphatic heterocycles. The minimum atomic E-state index is -0.109. The summed E-state index contributed by atoms with van der Waals surface area (Å²) in [4.78, 5) is 2.46. The molecule has 0 amide bonds. The van der Waals surface area contributed by atoms with Crippen LogP contribution in [0.15, 0.2) is 5.16 Å². The predicted molar refractivity (Wildman–Crippen MR) is 62.0 cm³/mol. The minimum absolute atomic E-state index is 0.109. The van der Waals surface area contributed by atoms with E-state index in [0.717, 1.165) is 32.5 Å². The third-order valence-electron chi connectivity index (χ3n) is 3.31. The maximum Gasteiger partial charge on any atom is 0.145 e. The highest BCUT2D eigenvalue weighted by Gasteiger charge is 2.34. The van der Waals surface area contributed by atoms with Crippen LogP contribution in [-0.4, -0.2) is 35.6 Å². The lowest BCUT2D eigenvalue weighted by Gasteiger charge is -2.39. The zero-order chi connectivity index (χ0) is 11.5. The Morgan fingerprint density at radius 1 is 1.47 bits per heavy atom. The van der Waals surface area contributed by atoms with Crippen LogP contribution < -0.4 is 5.73 Å². The summed E-state index contributed by atoms with van der Waals surface area (Å²) in [6.45, 7) is 9.78. The van der Waals surface area contributed by atoms with Gasteiger partial charge in [-0.25, -0.2) is 0 Å². The topological polar surface area (TPSA) is 61.8 Å². The van der Waals surface area contributed by atoms with E-state index >= 15 is 0 Å². The number of hydrogen-bond acceptors (Lipinski definition) is 3. The lowest BCUT2D eigenvalue weighted by atomic mass is 9.79. The SMILES string of the molecule is CC(C)CN1CCC(C)(C(N)=NO)CC1. The number of amidine groups is 1. The van der Waals surface area contributed by atoms with Crippen molar-refractivity contribution >= 4 is 5.84 Å². The van der Waals surface area contributed by atoms with Crippen LogP contribution in [0, 0.1) is 11.3 Å². The molecule has 0 unspecified atom stereocenters. The first kappa shape index (κ1) is 12.3. The summed E-state index contributed by atoms with van der Waals surface area (Å²) in [5.41, 5.74) is 5.60. The summed E-state index contributed by atoms with van der Waals surface area (Å²) in [6.07, 6.45) is 1.96. The molecule has 3 N–H and O–H groups in total. The number of nitrogens with two attached hydrogens (primary N) is 1. The van der Waals surface area contributed by atoms with Gasteiger partial charge in [-0.3, -0.25) is 0 Å². The smallest absolute Gasteiger partial charge is 0.145 e. The minimum Gasteiger partial charge on any atom is -0.409 e.